The Kier molecular flexibility index (Phi) is 5.21. The van der Waals surface area contributed by atoms with Gasteiger partial charge in [-0.3, -0.25) is 4.79 Å². The summed E-state index contributed by atoms with van der Waals surface area (Å²) in [5.74, 6) is -7.52. The molecule has 4 rings (SSSR count). The van der Waals surface area contributed by atoms with Crippen LogP contribution in [0.1, 0.15) is 16.2 Å². The van der Waals surface area contributed by atoms with E-state index in [2.05, 4.69) is 9.97 Å². The third-order valence-electron chi connectivity index (χ3n) is 4.66. The lowest BCUT2D eigenvalue weighted by Crippen LogP contribution is -2.01. The lowest BCUT2D eigenvalue weighted by molar-refractivity contribution is 0.103. The van der Waals surface area contributed by atoms with Gasteiger partial charge in [0.05, 0.1) is 11.4 Å². The van der Waals surface area contributed by atoms with Crippen molar-refractivity contribution in [3.05, 3.63) is 101 Å². The molecule has 8 heteroatoms. The van der Waals surface area contributed by atoms with Crippen molar-refractivity contribution in [2.75, 3.05) is 0 Å². The second kappa shape index (κ2) is 7.98. The second-order valence-corrected chi connectivity index (χ2v) is 6.63. The molecule has 2 aromatic heterocycles. The van der Waals surface area contributed by atoms with E-state index in [9.17, 15) is 27.5 Å². The van der Waals surface area contributed by atoms with Crippen molar-refractivity contribution < 1.29 is 27.5 Å². The Labute approximate surface area is 173 Å². The van der Waals surface area contributed by atoms with E-state index in [1.165, 1.54) is 24.3 Å². The average molecular weight is 426 g/mol. The molecular formula is C23H14F4N2O2. The SMILES string of the molecule is O=C(/C=C(\O)c1[nH]c(-c2ccccc2)c(F)c1F)c1[nH]c(-c2ccccc2)c(F)c1F. The summed E-state index contributed by atoms with van der Waals surface area (Å²) in [6, 6.07) is 15.9. The summed E-state index contributed by atoms with van der Waals surface area (Å²) in [7, 11) is 0. The zero-order valence-corrected chi connectivity index (χ0v) is 15.7. The monoisotopic (exact) mass is 426 g/mol. The van der Waals surface area contributed by atoms with E-state index in [0.29, 0.717) is 17.2 Å². The minimum Gasteiger partial charge on any atom is -0.506 e. The Bertz CT molecular complexity index is 1290. The number of nitrogens with one attached hydrogen (secondary N) is 2. The maximum absolute atomic E-state index is 14.3. The van der Waals surface area contributed by atoms with Gasteiger partial charge in [0, 0.05) is 17.2 Å². The van der Waals surface area contributed by atoms with Crippen LogP contribution in [0.4, 0.5) is 17.6 Å². The summed E-state index contributed by atoms with van der Waals surface area (Å²) in [4.78, 5) is 17.1. The minimum absolute atomic E-state index is 0.232. The number of aliphatic hydroxyl groups excluding tert-OH is 1. The molecule has 2 aromatic carbocycles. The Morgan fingerprint density at radius 2 is 1.10 bits per heavy atom. The van der Waals surface area contributed by atoms with Crippen molar-refractivity contribution in [1.82, 2.24) is 9.97 Å². The molecule has 4 nitrogen and oxygen atoms in total. The molecule has 0 fully saturated rings. The maximum Gasteiger partial charge on any atom is 0.208 e. The van der Waals surface area contributed by atoms with Gasteiger partial charge in [-0.05, 0) is 0 Å². The molecule has 0 spiro atoms. The molecule has 0 saturated heterocycles. The number of aromatic amines is 2. The van der Waals surface area contributed by atoms with Gasteiger partial charge in [0.2, 0.25) is 5.78 Å². The molecule has 2 heterocycles. The highest BCUT2D eigenvalue weighted by Crippen LogP contribution is 2.30. The van der Waals surface area contributed by atoms with Crippen LogP contribution in [-0.2, 0) is 0 Å². The van der Waals surface area contributed by atoms with Crippen LogP contribution in [0.15, 0.2) is 66.7 Å². The van der Waals surface area contributed by atoms with Crippen LogP contribution in [0.3, 0.4) is 0 Å². The van der Waals surface area contributed by atoms with Crippen LogP contribution in [0.25, 0.3) is 28.3 Å². The Morgan fingerprint density at radius 3 is 1.58 bits per heavy atom. The van der Waals surface area contributed by atoms with Crippen molar-refractivity contribution in [2.24, 2.45) is 0 Å². The van der Waals surface area contributed by atoms with Crippen molar-refractivity contribution in [3.63, 3.8) is 0 Å². The predicted molar refractivity (Wildman–Crippen MR) is 107 cm³/mol. The quantitative estimate of drug-likeness (QED) is 0.158. The highest BCUT2D eigenvalue weighted by molar-refractivity contribution is 6.07. The molecule has 4 aromatic rings. The third-order valence-corrected chi connectivity index (χ3v) is 4.66. The molecule has 0 amide bonds. The lowest BCUT2D eigenvalue weighted by atomic mass is 10.1. The Balaban J connectivity index is 1.70. The van der Waals surface area contributed by atoms with E-state index >= 15 is 0 Å². The molecule has 0 bridgehead atoms. The van der Waals surface area contributed by atoms with E-state index < -0.39 is 46.2 Å². The number of ketones is 1. The zero-order valence-electron chi connectivity index (χ0n) is 15.7. The summed E-state index contributed by atoms with van der Waals surface area (Å²) in [6.07, 6.45) is 0.478. The summed E-state index contributed by atoms with van der Waals surface area (Å²) in [5, 5.41) is 10.2. The number of benzene rings is 2. The number of H-pyrrole nitrogens is 2. The van der Waals surface area contributed by atoms with Crippen LogP contribution < -0.4 is 0 Å². The number of allylic oxidation sites excluding steroid dienone is 1. The smallest absolute Gasteiger partial charge is 0.208 e. The van der Waals surface area contributed by atoms with Gasteiger partial charge in [-0.25, -0.2) is 17.6 Å². The number of carbonyl (C=O) groups is 1. The molecule has 0 radical (unpaired) electrons. The molecule has 0 aliphatic carbocycles. The van der Waals surface area contributed by atoms with Crippen molar-refractivity contribution >= 4 is 11.5 Å². The fraction of sp³-hybridized carbons (Fsp3) is 0. The standard InChI is InChI=1S/C23H14F4N2O2/c24-16-18(26)22(28-20(16)12-7-3-1-4-8-12)14(30)11-15(31)23-19(27)17(25)21(29-23)13-9-5-2-6-10-13/h1-11,28-30H/b14-11-. The molecule has 156 valence electrons. The van der Waals surface area contributed by atoms with Crippen LogP contribution in [0.5, 0.6) is 0 Å². The minimum atomic E-state index is -1.45. The number of hydrogen-bond donors (Lipinski definition) is 3. The highest BCUT2D eigenvalue weighted by atomic mass is 19.2. The predicted octanol–water partition coefficient (Wildman–Crippen LogP) is 6.02. The van der Waals surface area contributed by atoms with Crippen LogP contribution in [-0.4, -0.2) is 20.9 Å². The van der Waals surface area contributed by atoms with Gasteiger partial charge in [-0.15, -0.1) is 0 Å². The van der Waals surface area contributed by atoms with Crippen molar-refractivity contribution in [3.8, 4) is 22.5 Å². The molecule has 0 unspecified atom stereocenters. The van der Waals surface area contributed by atoms with Gasteiger partial charge in [0.25, 0.3) is 0 Å². The number of carbonyl (C=O) groups excluding carboxylic acids is 1. The summed E-state index contributed by atoms with van der Waals surface area (Å²) in [6.45, 7) is 0. The topological polar surface area (TPSA) is 68.9 Å². The first-order valence-corrected chi connectivity index (χ1v) is 9.08. The van der Waals surface area contributed by atoms with Crippen molar-refractivity contribution in [2.45, 2.75) is 0 Å². The summed E-state index contributed by atoms with van der Waals surface area (Å²) >= 11 is 0. The number of hydrogen-bond acceptors (Lipinski definition) is 2. The molecule has 31 heavy (non-hydrogen) atoms. The average Bonchev–Trinajstić information content (AvgIpc) is 3.25. The molecule has 0 aliphatic rings. The van der Waals surface area contributed by atoms with Gasteiger partial charge >= 0.3 is 0 Å². The van der Waals surface area contributed by atoms with Crippen LogP contribution in [0.2, 0.25) is 0 Å². The second-order valence-electron chi connectivity index (χ2n) is 6.63. The number of halogens is 4. The van der Waals surface area contributed by atoms with E-state index in [1.807, 2.05) is 0 Å². The zero-order chi connectivity index (χ0) is 22.1. The highest BCUT2D eigenvalue weighted by Gasteiger charge is 2.25. The van der Waals surface area contributed by atoms with Crippen LogP contribution in [0, 0.1) is 23.3 Å². The van der Waals surface area contributed by atoms with Crippen LogP contribution >= 0.6 is 0 Å². The van der Waals surface area contributed by atoms with Gasteiger partial charge in [-0.2, -0.15) is 0 Å². The largest absolute Gasteiger partial charge is 0.506 e. The van der Waals surface area contributed by atoms with E-state index in [-0.39, 0.29) is 11.4 Å². The maximum atomic E-state index is 14.3. The fourth-order valence-electron chi connectivity index (χ4n) is 3.13. The normalized spacial score (nSPS) is 11.7. The first-order valence-electron chi connectivity index (χ1n) is 9.08. The summed E-state index contributed by atoms with van der Waals surface area (Å²) in [5.41, 5.74) is -1.33. The van der Waals surface area contributed by atoms with Gasteiger partial charge in [0.15, 0.2) is 23.3 Å². The first kappa shape index (κ1) is 20.2. The lowest BCUT2D eigenvalue weighted by Gasteiger charge is -1.99. The van der Waals surface area contributed by atoms with E-state index in [0.717, 1.165) is 0 Å². The number of rotatable bonds is 5. The molecule has 0 aliphatic heterocycles. The van der Waals surface area contributed by atoms with Gasteiger partial charge < -0.3 is 15.1 Å². The Hall–Kier alpha value is -4.07. The number of aromatic nitrogens is 2. The first-order chi connectivity index (χ1) is 14.9. The molecular weight excluding hydrogens is 412 g/mol. The Morgan fingerprint density at radius 1 is 0.677 bits per heavy atom. The van der Waals surface area contributed by atoms with Crippen molar-refractivity contribution in [1.29, 1.82) is 0 Å². The van der Waals surface area contributed by atoms with E-state index in [4.69, 9.17) is 0 Å². The third kappa shape index (κ3) is 3.63. The number of aliphatic hydroxyl groups is 1. The molecule has 0 saturated carbocycles. The van der Waals surface area contributed by atoms with E-state index in [1.54, 1.807) is 36.4 Å². The summed E-state index contributed by atoms with van der Waals surface area (Å²) < 4.78 is 57.2. The molecule has 3 N–H and O–H groups in total. The molecule has 0 atom stereocenters. The fourth-order valence-corrected chi connectivity index (χ4v) is 3.13. The van der Waals surface area contributed by atoms with Gasteiger partial charge in [-0.1, -0.05) is 60.7 Å². The van der Waals surface area contributed by atoms with Gasteiger partial charge in [0.1, 0.15) is 17.1 Å².